The number of benzene rings is 2. The van der Waals surface area contributed by atoms with Crippen molar-refractivity contribution >= 4 is 23.7 Å². The van der Waals surface area contributed by atoms with Crippen molar-refractivity contribution < 1.29 is 28.3 Å². The van der Waals surface area contributed by atoms with Crippen LogP contribution in [-0.4, -0.2) is 53.2 Å². The van der Waals surface area contributed by atoms with E-state index in [1.807, 2.05) is 0 Å². The highest BCUT2D eigenvalue weighted by atomic mass is 19.1. The maximum Gasteiger partial charge on any atom is 0.329 e. The van der Waals surface area contributed by atoms with Gasteiger partial charge in [0.25, 0.3) is 17.7 Å². The molecule has 0 bridgehead atoms. The Morgan fingerprint density at radius 1 is 1.03 bits per heavy atom. The van der Waals surface area contributed by atoms with Gasteiger partial charge in [-0.25, -0.2) is 9.18 Å². The van der Waals surface area contributed by atoms with Crippen molar-refractivity contribution in [2.45, 2.75) is 19.5 Å². The minimum Gasteiger partial charge on any atom is -0.454 e. The van der Waals surface area contributed by atoms with Crippen molar-refractivity contribution in [1.29, 1.82) is 0 Å². The van der Waals surface area contributed by atoms with E-state index in [9.17, 15) is 23.6 Å². The number of likely N-dealkylation sites (N-methyl/N-ethyl adjacent to an activating group) is 1. The summed E-state index contributed by atoms with van der Waals surface area (Å²) in [6.07, 6.45) is 0. The first kappa shape index (κ1) is 20.2. The Morgan fingerprint density at radius 2 is 1.59 bits per heavy atom. The highest BCUT2D eigenvalue weighted by Crippen LogP contribution is 2.24. The van der Waals surface area contributed by atoms with Gasteiger partial charge in [0, 0.05) is 19.2 Å². The summed E-state index contributed by atoms with van der Waals surface area (Å²) < 4.78 is 18.7. The number of imide groups is 1. The van der Waals surface area contributed by atoms with Gasteiger partial charge in [-0.3, -0.25) is 19.3 Å². The molecule has 0 unspecified atom stereocenters. The fourth-order valence-electron chi connectivity index (χ4n) is 3.00. The molecule has 7 nitrogen and oxygen atoms in total. The maximum atomic E-state index is 13.7. The molecule has 2 aromatic rings. The van der Waals surface area contributed by atoms with Gasteiger partial charge in [-0.1, -0.05) is 30.3 Å². The third kappa shape index (κ3) is 4.01. The van der Waals surface area contributed by atoms with Crippen LogP contribution in [0.1, 0.15) is 33.2 Å². The van der Waals surface area contributed by atoms with E-state index in [2.05, 4.69) is 0 Å². The van der Waals surface area contributed by atoms with Crippen LogP contribution in [0.15, 0.2) is 48.5 Å². The molecule has 1 aliphatic heterocycles. The Bertz CT molecular complexity index is 956. The Morgan fingerprint density at radius 3 is 2.17 bits per heavy atom. The topological polar surface area (TPSA) is 84.0 Å². The van der Waals surface area contributed by atoms with E-state index in [0.717, 1.165) is 4.90 Å². The standard InChI is InChI=1S/C21H19FN2O5/c1-13(24-19(26)15-8-4-5-9-16(15)20(24)27)21(28)29-12-18(25)23(2)11-14-7-3-6-10-17(14)22/h3-10,13H,11-12H2,1-2H3/t13-/m0/s1. The highest BCUT2D eigenvalue weighted by molar-refractivity contribution is 6.22. The summed E-state index contributed by atoms with van der Waals surface area (Å²) in [5.74, 6) is -3.04. The third-order valence-electron chi connectivity index (χ3n) is 4.68. The Labute approximate surface area is 166 Å². The summed E-state index contributed by atoms with van der Waals surface area (Å²) in [5, 5.41) is 0. The lowest BCUT2D eigenvalue weighted by atomic mass is 10.1. The van der Waals surface area contributed by atoms with Crippen LogP contribution in [0.3, 0.4) is 0 Å². The van der Waals surface area contributed by atoms with Crippen LogP contribution < -0.4 is 0 Å². The largest absolute Gasteiger partial charge is 0.454 e. The van der Waals surface area contributed by atoms with E-state index in [4.69, 9.17) is 4.74 Å². The summed E-state index contributed by atoms with van der Waals surface area (Å²) in [6, 6.07) is 11.1. The highest BCUT2D eigenvalue weighted by Gasteiger charge is 2.41. The SMILES string of the molecule is C[C@@H](C(=O)OCC(=O)N(C)Cc1ccccc1F)N1C(=O)c2ccccc2C1=O. The number of hydrogen-bond acceptors (Lipinski definition) is 5. The number of ether oxygens (including phenoxy) is 1. The molecule has 1 heterocycles. The molecular weight excluding hydrogens is 379 g/mol. The Kier molecular flexibility index (Phi) is 5.72. The normalized spacial score (nSPS) is 13.8. The lowest BCUT2D eigenvalue weighted by Gasteiger charge is -2.22. The zero-order chi connectivity index (χ0) is 21.1. The second kappa shape index (κ2) is 8.22. The number of fused-ring (bicyclic) bond motifs is 1. The van der Waals surface area contributed by atoms with Crippen molar-refractivity contribution in [3.63, 3.8) is 0 Å². The quantitative estimate of drug-likeness (QED) is 0.549. The lowest BCUT2D eigenvalue weighted by Crippen LogP contribution is -2.44. The van der Waals surface area contributed by atoms with E-state index in [-0.39, 0.29) is 17.7 Å². The minimum absolute atomic E-state index is 0.0109. The van der Waals surface area contributed by atoms with Crippen LogP contribution in [-0.2, 0) is 20.9 Å². The van der Waals surface area contributed by atoms with Gasteiger partial charge in [-0.15, -0.1) is 0 Å². The number of amides is 3. The monoisotopic (exact) mass is 398 g/mol. The van der Waals surface area contributed by atoms with Crippen LogP contribution in [0, 0.1) is 5.82 Å². The van der Waals surface area contributed by atoms with Crippen molar-refractivity contribution in [2.75, 3.05) is 13.7 Å². The molecule has 0 aromatic heterocycles. The molecule has 0 radical (unpaired) electrons. The molecule has 0 fully saturated rings. The first-order valence-electron chi connectivity index (χ1n) is 8.92. The number of halogens is 1. The van der Waals surface area contributed by atoms with E-state index < -0.39 is 42.2 Å². The molecule has 2 aromatic carbocycles. The molecule has 150 valence electrons. The fraction of sp³-hybridized carbons (Fsp3) is 0.238. The average Bonchev–Trinajstić information content (AvgIpc) is 2.97. The van der Waals surface area contributed by atoms with Gasteiger partial charge in [-0.2, -0.15) is 0 Å². The Balaban J connectivity index is 1.58. The van der Waals surface area contributed by atoms with Gasteiger partial charge >= 0.3 is 5.97 Å². The Hall–Kier alpha value is -3.55. The van der Waals surface area contributed by atoms with Crippen LogP contribution in [0.4, 0.5) is 4.39 Å². The molecular formula is C21H19FN2O5. The van der Waals surface area contributed by atoms with Gasteiger partial charge < -0.3 is 9.64 Å². The second-order valence-corrected chi connectivity index (χ2v) is 6.65. The summed E-state index contributed by atoms with van der Waals surface area (Å²) in [5.41, 5.74) is 0.768. The first-order valence-corrected chi connectivity index (χ1v) is 8.92. The lowest BCUT2D eigenvalue weighted by molar-refractivity contribution is -0.154. The van der Waals surface area contributed by atoms with Crippen molar-refractivity contribution in [3.8, 4) is 0 Å². The maximum absolute atomic E-state index is 13.7. The van der Waals surface area contributed by atoms with Crippen molar-refractivity contribution in [2.24, 2.45) is 0 Å². The number of carbonyl (C=O) groups excluding carboxylic acids is 4. The number of nitrogens with zero attached hydrogens (tertiary/aromatic N) is 2. The number of carbonyl (C=O) groups is 4. The van der Waals surface area contributed by atoms with Gasteiger partial charge in [0.1, 0.15) is 11.9 Å². The van der Waals surface area contributed by atoms with Gasteiger partial charge in [0.2, 0.25) is 0 Å². The fourth-order valence-corrected chi connectivity index (χ4v) is 3.00. The summed E-state index contributed by atoms with van der Waals surface area (Å²) in [7, 11) is 1.45. The smallest absolute Gasteiger partial charge is 0.329 e. The van der Waals surface area contributed by atoms with Crippen molar-refractivity contribution in [3.05, 3.63) is 71.0 Å². The average molecular weight is 398 g/mol. The zero-order valence-electron chi connectivity index (χ0n) is 15.9. The molecule has 0 saturated heterocycles. The number of rotatable bonds is 6. The van der Waals surface area contributed by atoms with Crippen LogP contribution in [0.5, 0.6) is 0 Å². The zero-order valence-corrected chi connectivity index (χ0v) is 15.9. The van der Waals surface area contributed by atoms with E-state index in [1.54, 1.807) is 30.3 Å². The summed E-state index contributed by atoms with van der Waals surface area (Å²) in [6.45, 7) is 0.784. The number of hydrogen-bond donors (Lipinski definition) is 0. The molecule has 3 rings (SSSR count). The predicted molar refractivity (Wildman–Crippen MR) is 100 cm³/mol. The molecule has 3 amide bonds. The third-order valence-corrected chi connectivity index (χ3v) is 4.68. The van der Waals surface area contributed by atoms with Crippen molar-refractivity contribution in [1.82, 2.24) is 9.80 Å². The second-order valence-electron chi connectivity index (χ2n) is 6.65. The molecule has 8 heteroatoms. The summed E-state index contributed by atoms with van der Waals surface area (Å²) >= 11 is 0. The van der Waals surface area contributed by atoms with Crippen LogP contribution >= 0.6 is 0 Å². The van der Waals surface area contributed by atoms with E-state index in [1.165, 1.54) is 37.1 Å². The molecule has 29 heavy (non-hydrogen) atoms. The van der Waals surface area contributed by atoms with E-state index >= 15 is 0 Å². The minimum atomic E-state index is -1.19. The molecule has 0 N–H and O–H groups in total. The van der Waals surface area contributed by atoms with Crippen LogP contribution in [0.25, 0.3) is 0 Å². The van der Waals surface area contributed by atoms with Crippen LogP contribution in [0.2, 0.25) is 0 Å². The van der Waals surface area contributed by atoms with E-state index in [0.29, 0.717) is 5.56 Å². The first-order chi connectivity index (χ1) is 13.8. The number of esters is 1. The molecule has 0 spiro atoms. The molecule has 1 atom stereocenters. The molecule has 1 aliphatic rings. The van der Waals surface area contributed by atoms with Gasteiger partial charge in [-0.05, 0) is 25.1 Å². The van der Waals surface area contributed by atoms with Gasteiger partial charge in [0.05, 0.1) is 11.1 Å². The molecule has 0 aliphatic carbocycles. The van der Waals surface area contributed by atoms with Gasteiger partial charge in [0.15, 0.2) is 6.61 Å². The molecule has 0 saturated carbocycles. The summed E-state index contributed by atoms with van der Waals surface area (Å²) in [4.78, 5) is 51.4. The predicted octanol–water partition coefficient (Wildman–Crippen LogP) is 2.01.